The molecule has 0 aliphatic carbocycles. The molecular formula is C13H17BrN2O3. The summed E-state index contributed by atoms with van der Waals surface area (Å²) in [6.07, 6.45) is 0.485. The summed E-state index contributed by atoms with van der Waals surface area (Å²) in [4.78, 5) is 22.4. The first kappa shape index (κ1) is 15.5. The number of carboxylic acids is 1. The largest absolute Gasteiger partial charge is 0.481 e. The average molecular weight is 329 g/mol. The standard InChI is InChI=1S/C13H17BrN2O3/c1-3-9(7-12(17)18)15-13(19)16-11-6-4-5-10(14)8(11)2/h4-6,9H,3,7H2,1-2H3,(H,17,18)(H2,15,16,19). The van der Waals surface area contributed by atoms with E-state index in [2.05, 4.69) is 26.6 Å². The number of anilines is 1. The van der Waals surface area contributed by atoms with E-state index in [1.54, 1.807) is 6.07 Å². The van der Waals surface area contributed by atoms with Gasteiger partial charge in [0.2, 0.25) is 0 Å². The number of hydrogen-bond acceptors (Lipinski definition) is 2. The number of benzene rings is 1. The maximum Gasteiger partial charge on any atom is 0.319 e. The lowest BCUT2D eigenvalue weighted by molar-refractivity contribution is -0.137. The fourth-order valence-corrected chi connectivity index (χ4v) is 1.96. The number of carboxylic acid groups (broad SMARTS) is 1. The van der Waals surface area contributed by atoms with Gasteiger partial charge < -0.3 is 15.7 Å². The van der Waals surface area contributed by atoms with Crippen LogP contribution < -0.4 is 10.6 Å². The minimum Gasteiger partial charge on any atom is -0.481 e. The molecule has 0 aromatic heterocycles. The van der Waals surface area contributed by atoms with Crippen molar-refractivity contribution in [1.29, 1.82) is 0 Å². The number of aliphatic carboxylic acids is 1. The first-order chi connectivity index (χ1) is 8.93. The summed E-state index contributed by atoms with van der Waals surface area (Å²) >= 11 is 3.38. The van der Waals surface area contributed by atoms with Gasteiger partial charge in [0.15, 0.2) is 0 Å². The van der Waals surface area contributed by atoms with Crippen molar-refractivity contribution in [1.82, 2.24) is 5.32 Å². The fourth-order valence-electron chi connectivity index (χ4n) is 1.59. The third-order valence-electron chi connectivity index (χ3n) is 2.76. The van der Waals surface area contributed by atoms with E-state index >= 15 is 0 Å². The molecule has 5 nitrogen and oxygen atoms in total. The third kappa shape index (κ3) is 4.90. The van der Waals surface area contributed by atoms with Gasteiger partial charge in [-0.25, -0.2) is 4.79 Å². The quantitative estimate of drug-likeness (QED) is 0.776. The second kappa shape index (κ2) is 7.13. The molecule has 0 fully saturated rings. The van der Waals surface area contributed by atoms with E-state index < -0.39 is 12.0 Å². The van der Waals surface area contributed by atoms with Crippen molar-refractivity contribution in [3.8, 4) is 0 Å². The van der Waals surface area contributed by atoms with Crippen LogP contribution in [0.3, 0.4) is 0 Å². The molecule has 1 aromatic rings. The molecule has 3 N–H and O–H groups in total. The molecule has 104 valence electrons. The molecule has 1 rings (SSSR count). The summed E-state index contributed by atoms with van der Waals surface area (Å²) in [5.41, 5.74) is 1.61. The van der Waals surface area contributed by atoms with E-state index in [1.807, 2.05) is 26.0 Å². The van der Waals surface area contributed by atoms with Gasteiger partial charge in [0.25, 0.3) is 0 Å². The van der Waals surface area contributed by atoms with Gasteiger partial charge in [0.1, 0.15) is 0 Å². The Labute approximate surface area is 120 Å². The van der Waals surface area contributed by atoms with Crippen LogP contribution in [0.5, 0.6) is 0 Å². The minimum atomic E-state index is -0.925. The number of urea groups is 1. The highest BCUT2D eigenvalue weighted by molar-refractivity contribution is 9.10. The molecule has 1 unspecified atom stereocenters. The van der Waals surface area contributed by atoms with Crippen molar-refractivity contribution in [3.05, 3.63) is 28.2 Å². The van der Waals surface area contributed by atoms with E-state index in [0.717, 1.165) is 10.0 Å². The molecule has 0 aliphatic heterocycles. The van der Waals surface area contributed by atoms with Crippen molar-refractivity contribution >= 4 is 33.6 Å². The summed E-state index contributed by atoms with van der Waals surface area (Å²) in [5.74, 6) is -0.925. The molecule has 0 spiro atoms. The highest BCUT2D eigenvalue weighted by atomic mass is 79.9. The van der Waals surface area contributed by atoms with Crippen LogP contribution in [0.15, 0.2) is 22.7 Å². The third-order valence-corrected chi connectivity index (χ3v) is 3.62. The van der Waals surface area contributed by atoms with E-state index in [-0.39, 0.29) is 12.5 Å². The van der Waals surface area contributed by atoms with E-state index in [0.29, 0.717) is 12.1 Å². The lowest BCUT2D eigenvalue weighted by Crippen LogP contribution is -2.39. The second-order valence-corrected chi connectivity index (χ2v) is 5.07. The van der Waals surface area contributed by atoms with Gasteiger partial charge in [0, 0.05) is 16.2 Å². The Morgan fingerprint density at radius 3 is 2.68 bits per heavy atom. The first-order valence-electron chi connectivity index (χ1n) is 5.98. The molecule has 6 heteroatoms. The number of rotatable bonds is 5. The Kier molecular flexibility index (Phi) is 5.82. The number of hydrogen-bond donors (Lipinski definition) is 3. The molecule has 0 heterocycles. The van der Waals surface area contributed by atoms with Crippen LogP contribution in [-0.4, -0.2) is 23.1 Å². The average Bonchev–Trinajstić information content (AvgIpc) is 2.33. The fraction of sp³-hybridized carbons (Fsp3) is 0.385. The molecule has 1 atom stereocenters. The second-order valence-electron chi connectivity index (χ2n) is 4.21. The van der Waals surface area contributed by atoms with Gasteiger partial charge in [-0.15, -0.1) is 0 Å². The maximum absolute atomic E-state index is 11.8. The van der Waals surface area contributed by atoms with Crippen LogP contribution in [0, 0.1) is 6.92 Å². The van der Waals surface area contributed by atoms with Crippen molar-refractivity contribution in [2.24, 2.45) is 0 Å². The Morgan fingerprint density at radius 2 is 2.11 bits per heavy atom. The van der Waals surface area contributed by atoms with Gasteiger partial charge in [-0.2, -0.15) is 0 Å². The molecule has 0 aliphatic rings. The van der Waals surface area contributed by atoms with E-state index in [9.17, 15) is 9.59 Å². The minimum absolute atomic E-state index is 0.0820. The van der Waals surface area contributed by atoms with Crippen LogP contribution in [0.2, 0.25) is 0 Å². The topological polar surface area (TPSA) is 78.4 Å². The maximum atomic E-state index is 11.8. The first-order valence-corrected chi connectivity index (χ1v) is 6.77. The summed E-state index contributed by atoms with van der Waals surface area (Å²) in [7, 11) is 0. The molecule has 0 radical (unpaired) electrons. The van der Waals surface area contributed by atoms with Gasteiger partial charge in [-0.1, -0.05) is 28.9 Å². The summed E-state index contributed by atoms with van der Waals surface area (Å²) in [6, 6.07) is 4.73. The zero-order chi connectivity index (χ0) is 14.4. The summed E-state index contributed by atoms with van der Waals surface area (Å²) in [6.45, 7) is 3.71. The van der Waals surface area contributed by atoms with Gasteiger partial charge in [-0.3, -0.25) is 4.79 Å². The molecule has 0 bridgehead atoms. The van der Waals surface area contributed by atoms with Crippen LogP contribution in [0.25, 0.3) is 0 Å². The van der Waals surface area contributed by atoms with Crippen LogP contribution in [0.4, 0.5) is 10.5 Å². The Bertz CT molecular complexity index is 477. The zero-order valence-corrected chi connectivity index (χ0v) is 12.5. The monoisotopic (exact) mass is 328 g/mol. The van der Waals surface area contributed by atoms with Crippen molar-refractivity contribution in [2.75, 3.05) is 5.32 Å². The summed E-state index contributed by atoms with van der Waals surface area (Å²) < 4.78 is 0.905. The van der Waals surface area contributed by atoms with Gasteiger partial charge in [0.05, 0.1) is 6.42 Å². The number of halogens is 1. The lowest BCUT2D eigenvalue weighted by atomic mass is 10.1. The van der Waals surface area contributed by atoms with Gasteiger partial charge in [-0.05, 0) is 31.0 Å². The molecular weight excluding hydrogens is 312 g/mol. The molecule has 1 aromatic carbocycles. The Hall–Kier alpha value is -1.56. The van der Waals surface area contributed by atoms with Crippen molar-refractivity contribution < 1.29 is 14.7 Å². The van der Waals surface area contributed by atoms with Gasteiger partial charge >= 0.3 is 12.0 Å². The Morgan fingerprint density at radius 1 is 1.42 bits per heavy atom. The predicted octanol–water partition coefficient (Wildman–Crippen LogP) is 3.13. The molecule has 2 amide bonds. The van der Waals surface area contributed by atoms with Crippen molar-refractivity contribution in [3.63, 3.8) is 0 Å². The zero-order valence-electron chi connectivity index (χ0n) is 10.9. The van der Waals surface area contributed by atoms with E-state index in [1.165, 1.54) is 0 Å². The number of amides is 2. The number of carbonyl (C=O) groups excluding carboxylic acids is 1. The van der Waals surface area contributed by atoms with E-state index in [4.69, 9.17) is 5.11 Å². The van der Waals surface area contributed by atoms with Crippen LogP contribution >= 0.6 is 15.9 Å². The summed E-state index contributed by atoms with van der Waals surface area (Å²) in [5, 5.41) is 14.1. The molecule has 19 heavy (non-hydrogen) atoms. The molecule has 0 saturated heterocycles. The SMILES string of the molecule is CCC(CC(=O)O)NC(=O)Nc1cccc(Br)c1C. The number of carbonyl (C=O) groups is 2. The Balaban J connectivity index is 2.64. The predicted molar refractivity (Wildman–Crippen MR) is 77.4 cm³/mol. The smallest absolute Gasteiger partial charge is 0.319 e. The number of nitrogens with one attached hydrogen (secondary N) is 2. The normalized spacial score (nSPS) is 11.7. The van der Waals surface area contributed by atoms with Crippen LogP contribution in [-0.2, 0) is 4.79 Å². The lowest BCUT2D eigenvalue weighted by Gasteiger charge is -2.16. The molecule has 0 saturated carbocycles. The van der Waals surface area contributed by atoms with Crippen molar-refractivity contribution in [2.45, 2.75) is 32.7 Å². The highest BCUT2D eigenvalue weighted by Gasteiger charge is 2.14. The van der Waals surface area contributed by atoms with Crippen LogP contribution in [0.1, 0.15) is 25.3 Å². The highest BCUT2D eigenvalue weighted by Crippen LogP contribution is 2.23.